The van der Waals surface area contributed by atoms with Crippen molar-refractivity contribution in [2.75, 3.05) is 38.3 Å². The van der Waals surface area contributed by atoms with Gasteiger partial charge in [-0.15, -0.1) is 11.8 Å². The second kappa shape index (κ2) is 4.14. The lowest BCUT2D eigenvalue weighted by molar-refractivity contribution is 0.280. The second-order valence-corrected chi connectivity index (χ2v) is 3.12. The number of piperazine rings is 1. The molecule has 1 fully saturated rings. The molecule has 1 aliphatic rings. The van der Waals surface area contributed by atoms with Crippen molar-refractivity contribution in [1.29, 1.82) is 0 Å². The van der Waals surface area contributed by atoms with Crippen molar-refractivity contribution in [2.24, 2.45) is 0 Å². The number of rotatable bonds is 2. The lowest BCUT2D eigenvalue weighted by Crippen LogP contribution is -2.43. The van der Waals surface area contributed by atoms with Gasteiger partial charge in [-0.05, 0) is 6.26 Å². The molecule has 54 valence electrons. The maximum atomic E-state index is 3.32. The molecule has 1 aliphatic heterocycles. The van der Waals surface area contributed by atoms with Crippen molar-refractivity contribution < 1.29 is 0 Å². The van der Waals surface area contributed by atoms with Gasteiger partial charge in [-0.1, -0.05) is 0 Å². The lowest BCUT2D eigenvalue weighted by atomic mass is 10.4. The van der Waals surface area contributed by atoms with Crippen LogP contribution in [-0.4, -0.2) is 43.2 Å². The van der Waals surface area contributed by atoms with Gasteiger partial charge in [-0.25, -0.2) is 0 Å². The Morgan fingerprint density at radius 3 is 2.67 bits per heavy atom. The summed E-state index contributed by atoms with van der Waals surface area (Å²) in [4.78, 5) is 2.47. The van der Waals surface area contributed by atoms with Crippen molar-refractivity contribution in [3.8, 4) is 0 Å². The fourth-order valence-electron chi connectivity index (χ4n) is 1.02. The fraction of sp³-hybridized carbons (Fsp3) is 1.00. The van der Waals surface area contributed by atoms with E-state index >= 15 is 0 Å². The van der Waals surface area contributed by atoms with Crippen LogP contribution < -0.4 is 5.32 Å². The molecule has 3 heteroatoms. The highest BCUT2D eigenvalue weighted by Crippen LogP contribution is 1.99. The number of nitrogens with one attached hydrogen (secondary N) is 1. The van der Waals surface area contributed by atoms with Crippen LogP contribution in [0.15, 0.2) is 0 Å². The molecule has 1 N–H and O–H groups in total. The SMILES string of the molecule is CSCN1CCNCC1. The summed E-state index contributed by atoms with van der Waals surface area (Å²) < 4.78 is 0. The molecule has 0 aromatic rings. The van der Waals surface area contributed by atoms with Gasteiger partial charge >= 0.3 is 0 Å². The molecule has 0 bridgehead atoms. The molecule has 0 spiro atoms. The van der Waals surface area contributed by atoms with E-state index in [1.54, 1.807) is 0 Å². The maximum absolute atomic E-state index is 3.32. The molecule has 1 heterocycles. The summed E-state index contributed by atoms with van der Waals surface area (Å²) in [6.07, 6.45) is 2.15. The minimum Gasteiger partial charge on any atom is -0.314 e. The Balaban J connectivity index is 2.08. The highest BCUT2D eigenvalue weighted by molar-refractivity contribution is 7.98. The molecule has 0 atom stereocenters. The average molecular weight is 146 g/mol. The van der Waals surface area contributed by atoms with Crippen LogP contribution in [0.2, 0.25) is 0 Å². The third-order valence-electron chi connectivity index (χ3n) is 1.52. The summed E-state index contributed by atoms with van der Waals surface area (Å²) in [6, 6.07) is 0. The van der Waals surface area contributed by atoms with Crippen LogP contribution in [0.1, 0.15) is 0 Å². The molecule has 0 aromatic carbocycles. The zero-order chi connectivity index (χ0) is 6.53. The molecule has 0 aromatic heterocycles. The summed E-state index contributed by atoms with van der Waals surface area (Å²) in [7, 11) is 0. The van der Waals surface area contributed by atoms with Crippen LogP contribution in [0.25, 0.3) is 0 Å². The number of thioether (sulfide) groups is 1. The molecule has 0 amide bonds. The Morgan fingerprint density at radius 2 is 2.11 bits per heavy atom. The summed E-state index contributed by atoms with van der Waals surface area (Å²) in [6.45, 7) is 4.78. The van der Waals surface area contributed by atoms with Gasteiger partial charge in [0.15, 0.2) is 0 Å². The molecule has 0 saturated carbocycles. The topological polar surface area (TPSA) is 15.3 Å². The molecular weight excluding hydrogens is 132 g/mol. The van der Waals surface area contributed by atoms with Crippen molar-refractivity contribution in [3.05, 3.63) is 0 Å². The van der Waals surface area contributed by atoms with E-state index in [0.29, 0.717) is 0 Å². The van der Waals surface area contributed by atoms with Gasteiger partial charge in [0, 0.05) is 32.1 Å². The Labute approximate surface area is 61.0 Å². The average Bonchev–Trinajstić information content (AvgIpc) is 1.91. The van der Waals surface area contributed by atoms with Gasteiger partial charge in [0.1, 0.15) is 0 Å². The van der Waals surface area contributed by atoms with Crippen molar-refractivity contribution >= 4 is 11.8 Å². The Morgan fingerprint density at radius 1 is 1.44 bits per heavy atom. The summed E-state index contributed by atoms with van der Waals surface area (Å²) in [5.74, 6) is 1.20. The summed E-state index contributed by atoms with van der Waals surface area (Å²) >= 11 is 1.91. The first-order valence-electron chi connectivity index (χ1n) is 3.35. The van der Waals surface area contributed by atoms with E-state index in [4.69, 9.17) is 0 Å². The van der Waals surface area contributed by atoms with E-state index in [-0.39, 0.29) is 0 Å². The minimum absolute atomic E-state index is 1.17. The molecule has 1 saturated heterocycles. The third-order valence-corrected chi connectivity index (χ3v) is 2.14. The van der Waals surface area contributed by atoms with E-state index in [9.17, 15) is 0 Å². The van der Waals surface area contributed by atoms with Crippen LogP contribution >= 0.6 is 11.8 Å². The van der Waals surface area contributed by atoms with Crippen molar-refractivity contribution in [1.82, 2.24) is 10.2 Å². The largest absolute Gasteiger partial charge is 0.314 e. The molecule has 2 nitrogen and oxygen atoms in total. The molecule has 0 aliphatic carbocycles. The first-order chi connectivity index (χ1) is 4.43. The van der Waals surface area contributed by atoms with Gasteiger partial charge in [-0.3, -0.25) is 4.90 Å². The number of nitrogens with zero attached hydrogens (tertiary/aromatic N) is 1. The van der Waals surface area contributed by atoms with Crippen LogP contribution in [0.5, 0.6) is 0 Å². The Kier molecular flexibility index (Phi) is 3.40. The molecule has 0 radical (unpaired) electrons. The smallest absolute Gasteiger partial charge is 0.0442 e. The Hall–Kier alpha value is 0.270. The van der Waals surface area contributed by atoms with Crippen LogP contribution in [0, 0.1) is 0 Å². The van der Waals surface area contributed by atoms with Crippen LogP contribution in [0.4, 0.5) is 0 Å². The van der Waals surface area contributed by atoms with E-state index in [1.807, 2.05) is 11.8 Å². The van der Waals surface area contributed by atoms with Crippen molar-refractivity contribution in [2.45, 2.75) is 0 Å². The summed E-state index contributed by atoms with van der Waals surface area (Å²) in [5, 5.41) is 3.32. The first-order valence-corrected chi connectivity index (χ1v) is 4.75. The van der Waals surface area contributed by atoms with Gasteiger partial charge in [-0.2, -0.15) is 0 Å². The monoisotopic (exact) mass is 146 g/mol. The first kappa shape index (κ1) is 7.38. The van der Waals surface area contributed by atoms with Crippen LogP contribution in [-0.2, 0) is 0 Å². The minimum atomic E-state index is 1.17. The van der Waals surface area contributed by atoms with Crippen molar-refractivity contribution in [3.63, 3.8) is 0 Å². The van der Waals surface area contributed by atoms with E-state index in [0.717, 1.165) is 0 Å². The van der Waals surface area contributed by atoms with Gasteiger partial charge < -0.3 is 5.32 Å². The molecule has 9 heavy (non-hydrogen) atoms. The third kappa shape index (κ3) is 2.56. The maximum Gasteiger partial charge on any atom is 0.0442 e. The number of hydrogen-bond acceptors (Lipinski definition) is 3. The highest BCUT2D eigenvalue weighted by Gasteiger charge is 2.06. The molecule has 0 unspecified atom stereocenters. The van der Waals surface area contributed by atoms with E-state index in [1.165, 1.54) is 32.1 Å². The predicted molar refractivity (Wildman–Crippen MR) is 42.8 cm³/mol. The van der Waals surface area contributed by atoms with Gasteiger partial charge in [0.2, 0.25) is 0 Å². The quantitative estimate of drug-likeness (QED) is 0.599. The van der Waals surface area contributed by atoms with E-state index in [2.05, 4.69) is 16.5 Å². The lowest BCUT2D eigenvalue weighted by Gasteiger charge is -2.25. The summed E-state index contributed by atoms with van der Waals surface area (Å²) in [5.41, 5.74) is 0. The van der Waals surface area contributed by atoms with Crippen LogP contribution in [0.3, 0.4) is 0 Å². The standard InChI is InChI=1S/C6H14N2S/c1-9-6-8-4-2-7-3-5-8/h7H,2-6H2,1H3. The normalized spacial score (nSPS) is 22.3. The van der Waals surface area contributed by atoms with E-state index < -0.39 is 0 Å². The predicted octanol–water partition coefficient (Wildman–Crippen LogP) is 0.212. The zero-order valence-electron chi connectivity index (χ0n) is 5.89. The van der Waals surface area contributed by atoms with Gasteiger partial charge in [0.05, 0.1) is 0 Å². The van der Waals surface area contributed by atoms with Gasteiger partial charge in [0.25, 0.3) is 0 Å². The number of hydrogen-bond donors (Lipinski definition) is 1. The molecule has 1 rings (SSSR count). The fourth-order valence-corrected chi connectivity index (χ4v) is 1.65. The Bertz CT molecular complexity index is 68.7. The zero-order valence-corrected chi connectivity index (χ0v) is 6.71. The molecular formula is C6H14N2S. The highest BCUT2D eigenvalue weighted by atomic mass is 32.2. The second-order valence-electron chi connectivity index (χ2n) is 2.29.